The van der Waals surface area contributed by atoms with Crippen LogP contribution < -0.4 is 15.8 Å². The molecule has 0 aromatic carbocycles. The molecule has 1 heterocycles. The Morgan fingerprint density at radius 1 is 1.53 bits per heavy atom. The van der Waals surface area contributed by atoms with E-state index in [9.17, 15) is 13.2 Å². The van der Waals surface area contributed by atoms with Gasteiger partial charge in [0, 0.05) is 12.3 Å². The number of aromatic nitrogens is 1. The molecule has 19 heavy (non-hydrogen) atoms. The third kappa shape index (κ3) is 5.66. The summed E-state index contributed by atoms with van der Waals surface area (Å²) in [5, 5.41) is 2.55. The molecular formula is C11H17N3O4S. The fraction of sp³-hybridized carbons (Fsp3) is 0.455. The first-order chi connectivity index (χ1) is 8.81. The molecular weight excluding hydrogens is 270 g/mol. The summed E-state index contributed by atoms with van der Waals surface area (Å²) in [7, 11) is -1.64. The molecule has 1 rings (SSSR count). The molecule has 1 unspecified atom stereocenters. The van der Waals surface area contributed by atoms with E-state index in [0.717, 1.165) is 6.26 Å². The standard InChI is InChI=1S/C11H17N3O4S/c1-18-10-4-3-8(7-13-10)14-11(15)9(12)5-6-19(2,16)17/h3-4,7,9H,5-6,12H2,1-2H3,(H,14,15). The van der Waals surface area contributed by atoms with Crippen LogP contribution in [0.5, 0.6) is 5.88 Å². The maximum atomic E-state index is 11.7. The average Bonchev–Trinajstić information content (AvgIpc) is 2.36. The summed E-state index contributed by atoms with van der Waals surface area (Å²) in [5.74, 6) is -0.141. The third-order valence-corrected chi connectivity index (χ3v) is 3.33. The van der Waals surface area contributed by atoms with Crippen LogP contribution >= 0.6 is 0 Å². The number of rotatable bonds is 6. The van der Waals surface area contributed by atoms with Crippen molar-refractivity contribution >= 4 is 21.4 Å². The Morgan fingerprint density at radius 3 is 2.68 bits per heavy atom. The number of nitrogens with two attached hydrogens (primary N) is 1. The zero-order valence-electron chi connectivity index (χ0n) is 10.8. The van der Waals surface area contributed by atoms with Gasteiger partial charge >= 0.3 is 0 Å². The van der Waals surface area contributed by atoms with E-state index in [1.54, 1.807) is 12.1 Å². The van der Waals surface area contributed by atoms with Gasteiger partial charge in [-0.25, -0.2) is 13.4 Å². The van der Waals surface area contributed by atoms with E-state index in [2.05, 4.69) is 10.3 Å². The number of sulfone groups is 1. The lowest BCUT2D eigenvalue weighted by Crippen LogP contribution is -2.37. The molecule has 106 valence electrons. The van der Waals surface area contributed by atoms with Crippen molar-refractivity contribution in [2.24, 2.45) is 5.73 Å². The smallest absolute Gasteiger partial charge is 0.241 e. The maximum Gasteiger partial charge on any atom is 0.241 e. The van der Waals surface area contributed by atoms with E-state index in [4.69, 9.17) is 10.5 Å². The van der Waals surface area contributed by atoms with Crippen LogP contribution in [0.1, 0.15) is 6.42 Å². The number of carbonyl (C=O) groups excluding carboxylic acids is 1. The molecule has 1 aromatic heterocycles. The minimum atomic E-state index is -3.12. The topological polar surface area (TPSA) is 111 Å². The number of nitrogens with one attached hydrogen (secondary N) is 1. The van der Waals surface area contributed by atoms with Crippen molar-refractivity contribution in [3.63, 3.8) is 0 Å². The lowest BCUT2D eigenvalue weighted by Gasteiger charge is -2.11. The van der Waals surface area contributed by atoms with Crippen molar-refractivity contribution in [2.45, 2.75) is 12.5 Å². The fourth-order valence-electron chi connectivity index (χ4n) is 1.28. The van der Waals surface area contributed by atoms with Gasteiger partial charge in [-0.3, -0.25) is 4.79 Å². The van der Waals surface area contributed by atoms with E-state index in [0.29, 0.717) is 11.6 Å². The predicted octanol–water partition coefficient (Wildman–Crippen LogP) is -0.209. The normalized spacial score (nSPS) is 12.8. The first-order valence-electron chi connectivity index (χ1n) is 5.56. The second-order valence-corrected chi connectivity index (χ2v) is 6.36. The molecule has 8 heteroatoms. The van der Waals surface area contributed by atoms with E-state index in [-0.39, 0.29) is 12.2 Å². The van der Waals surface area contributed by atoms with Crippen molar-refractivity contribution < 1.29 is 17.9 Å². The zero-order chi connectivity index (χ0) is 14.5. The van der Waals surface area contributed by atoms with Crippen LogP contribution in [0.15, 0.2) is 18.3 Å². The van der Waals surface area contributed by atoms with Gasteiger partial charge in [-0.1, -0.05) is 0 Å². The first kappa shape index (κ1) is 15.4. The molecule has 0 saturated carbocycles. The summed E-state index contributed by atoms with van der Waals surface area (Å²) in [6, 6.07) is 2.34. The minimum Gasteiger partial charge on any atom is -0.481 e. The molecule has 0 fully saturated rings. The Bertz CT molecular complexity index is 527. The largest absolute Gasteiger partial charge is 0.481 e. The van der Waals surface area contributed by atoms with Crippen LogP contribution in [0.3, 0.4) is 0 Å². The van der Waals surface area contributed by atoms with Crippen molar-refractivity contribution in [3.05, 3.63) is 18.3 Å². The summed E-state index contributed by atoms with van der Waals surface area (Å²) in [4.78, 5) is 15.6. The summed E-state index contributed by atoms with van der Waals surface area (Å²) in [6.45, 7) is 0. The molecule has 7 nitrogen and oxygen atoms in total. The maximum absolute atomic E-state index is 11.7. The molecule has 3 N–H and O–H groups in total. The highest BCUT2D eigenvalue weighted by Gasteiger charge is 2.16. The molecule has 0 aliphatic heterocycles. The van der Waals surface area contributed by atoms with Crippen LogP contribution in [0, 0.1) is 0 Å². The van der Waals surface area contributed by atoms with Crippen LogP contribution in [-0.4, -0.2) is 44.5 Å². The number of pyridine rings is 1. The number of anilines is 1. The second-order valence-electron chi connectivity index (χ2n) is 4.10. The number of ether oxygens (including phenoxy) is 1. The lowest BCUT2D eigenvalue weighted by atomic mass is 10.2. The lowest BCUT2D eigenvalue weighted by molar-refractivity contribution is -0.117. The third-order valence-electron chi connectivity index (χ3n) is 2.35. The Hall–Kier alpha value is -1.67. The quantitative estimate of drug-likeness (QED) is 0.749. The van der Waals surface area contributed by atoms with Gasteiger partial charge in [-0.15, -0.1) is 0 Å². The van der Waals surface area contributed by atoms with Gasteiger partial charge in [0.15, 0.2) is 0 Å². The Kier molecular flexibility index (Phi) is 5.25. The highest BCUT2D eigenvalue weighted by molar-refractivity contribution is 7.90. The monoisotopic (exact) mass is 287 g/mol. The number of amides is 1. The molecule has 1 amide bonds. The van der Waals surface area contributed by atoms with Gasteiger partial charge in [0.2, 0.25) is 11.8 Å². The van der Waals surface area contributed by atoms with Gasteiger partial charge in [0.25, 0.3) is 0 Å². The number of methoxy groups -OCH3 is 1. The van der Waals surface area contributed by atoms with E-state index < -0.39 is 21.8 Å². The van der Waals surface area contributed by atoms with Crippen molar-refractivity contribution in [3.8, 4) is 5.88 Å². The summed E-state index contributed by atoms with van der Waals surface area (Å²) >= 11 is 0. The number of hydrogen-bond donors (Lipinski definition) is 2. The van der Waals surface area contributed by atoms with Gasteiger partial charge in [0.1, 0.15) is 9.84 Å². The summed E-state index contributed by atoms with van der Waals surface area (Å²) in [6.07, 6.45) is 2.61. The molecule has 0 aliphatic rings. The SMILES string of the molecule is COc1ccc(NC(=O)C(N)CCS(C)(=O)=O)cn1. The summed E-state index contributed by atoms with van der Waals surface area (Å²) < 4.78 is 26.8. The average molecular weight is 287 g/mol. The Labute approximate surface area is 112 Å². The van der Waals surface area contributed by atoms with Crippen molar-refractivity contribution in [1.82, 2.24) is 4.98 Å². The van der Waals surface area contributed by atoms with Crippen LogP contribution in [-0.2, 0) is 14.6 Å². The second kappa shape index (κ2) is 6.48. The summed E-state index contributed by atoms with van der Waals surface area (Å²) in [5.41, 5.74) is 6.08. The molecule has 1 aromatic rings. The van der Waals surface area contributed by atoms with Crippen LogP contribution in [0.25, 0.3) is 0 Å². The first-order valence-corrected chi connectivity index (χ1v) is 7.62. The minimum absolute atomic E-state index is 0.0776. The number of hydrogen-bond acceptors (Lipinski definition) is 6. The number of nitrogens with zero attached hydrogens (tertiary/aromatic N) is 1. The molecule has 0 radical (unpaired) electrons. The van der Waals surface area contributed by atoms with Crippen LogP contribution in [0.2, 0.25) is 0 Å². The Balaban J connectivity index is 2.53. The number of carbonyl (C=O) groups is 1. The molecule has 0 aliphatic carbocycles. The zero-order valence-corrected chi connectivity index (χ0v) is 11.6. The molecule has 0 spiro atoms. The van der Waals surface area contributed by atoms with Gasteiger partial charge in [-0.05, 0) is 12.5 Å². The van der Waals surface area contributed by atoms with Gasteiger partial charge in [0.05, 0.1) is 30.8 Å². The fourth-order valence-corrected chi connectivity index (χ4v) is 1.96. The van der Waals surface area contributed by atoms with Crippen molar-refractivity contribution in [2.75, 3.05) is 24.4 Å². The van der Waals surface area contributed by atoms with Crippen LogP contribution in [0.4, 0.5) is 5.69 Å². The van der Waals surface area contributed by atoms with Gasteiger partial charge < -0.3 is 15.8 Å². The van der Waals surface area contributed by atoms with Crippen molar-refractivity contribution in [1.29, 1.82) is 0 Å². The van der Waals surface area contributed by atoms with E-state index >= 15 is 0 Å². The predicted molar refractivity (Wildman–Crippen MR) is 71.7 cm³/mol. The van der Waals surface area contributed by atoms with Gasteiger partial charge in [-0.2, -0.15) is 0 Å². The molecule has 0 saturated heterocycles. The highest BCUT2D eigenvalue weighted by atomic mass is 32.2. The Morgan fingerprint density at radius 2 is 2.21 bits per heavy atom. The highest BCUT2D eigenvalue weighted by Crippen LogP contribution is 2.11. The molecule has 1 atom stereocenters. The van der Waals surface area contributed by atoms with E-state index in [1.165, 1.54) is 13.3 Å². The molecule has 0 bridgehead atoms. The van der Waals surface area contributed by atoms with E-state index in [1.807, 2.05) is 0 Å².